The standard InChI is InChI=1S/C9H10Cl2OS/c10-5-8(12)6-13-9-3-1-7(11)2-4-9/h1-4,8,12H,5-6H2. The van der Waals surface area contributed by atoms with Gasteiger partial charge in [-0.05, 0) is 24.3 Å². The van der Waals surface area contributed by atoms with Crippen molar-refractivity contribution in [3.8, 4) is 0 Å². The Bertz CT molecular complexity index is 250. The molecule has 0 bridgehead atoms. The molecule has 13 heavy (non-hydrogen) atoms. The van der Waals surface area contributed by atoms with Crippen molar-refractivity contribution in [1.82, 2.24) is 0 Å². The predicted octanol–water partition coefficient (Wildman–Crippen LogP) is 3.03. The Hall–Kier alpha value is 0.110. The zero-order valence-corrected chi connectivity index (χ0v) is 9.24. The van der Waals surface area contributed by atoms with E-state index in [1.54, 1.807) is 11.8 Å². The topological polar surface area (TPSA) is 20.2 Å². The van der Waals surface area contributed by atoms with Gasteiger partial charge in [0.05, 0.1) is 6.10 Å². The van der Waals surface area contributed by atoms with Crippen LogP contribution in [0.15, 0.2) is 29.2 Å². The number of aliphatic hydroxyl groups is 1. The summed E-state index contributed by atoms with van der Waals surface area (Å²) in [5.74, 6) is 0.895. The molecule has 0 radical (unpaired) electrons. The number of hydrogen-bond acceptors (Lipinski definition) is 2. The first-order valence-corrected chi connectivity index (χ1v) is 5.74. The Labute approximate surface area is 92.1 Å². The van der Waals surface area contributed by atoms with Crippen LogP contribution in [0.25, 0.3) is 0 Å². The van der Waals surface area contributed by atoms with Gasteiger partial charge in [-0.3, -0.25) is 0 Å². The number of thioether (sulfide) groups is 1. The van der Waals surface area contributed by atoms with Crippen molar-refractivity contribution in [2.24, 2.45) is 0 Å². The van der Waals surface area contributed by atoms with E-state index < -0.39 is 6.10 Å². The number of rotatable bonds is 4. The van der Waals surface area contributed by atoms with Crippen molar-refractivity contribution in [2.45, 2.75) is 11.0 Å². The van der Waals surface area contributed by atoms with Gasteiger partial charge in [-0.2, -0.15) is 0 Å². The molecule has 0 amide bonds. The van der Waals surface area contributed by atoms with Crippen LogP contribution in [-0.2, 0) is 0 Å². The second kappa shape index (κ2) is 5.76. The summed E-state index contributed by atoms with van der Waals surface area (Å²) < 4.78 is 0. The summed E-state index contributed by atoms with van der Waals surface area (Å²) in [5, 5.41) is 9.92. The second-order valence-corrected chi connectivity index (χ2v) is 4.41. The molecule has 1 nitrogen and oxygen atoms in total. The average Bonchev–Trinajstić information content (AvgIpc) is 2.16. The fraction of sp³-hybridized carbons (Fsp3) is 0.333. The monoisotopic (exact) mass is 236 g/mol. The lowest BCUT2D eigenvalue weighted by Gasteiger charge is -2.05. The van der Waals surface area contributed by atoms with Crippen molar-refractivity contribution < 1.29 is 5.11 Å². The lowest BCUT2D eigenvalue weighted by molar-refractivity contribution is 0.223. The van der Waals surface area contributed by atoms with E-state index in [1.165, 1.54) is 0 Å². The second-order valence-electron chi connectivity index (χ2n) is 2.57. The molecule has 72 valence electrons. The summed E-state index contributed by atoms with van der Waals surface area (Å²) in [6, 6.07) is 7.51. The maximum absolute atomic E-state index is 9.19. The zero-order chi connectivity index (χ0) is 9.68. The SMILES string of the molecule is OC(CCl)CSc1ccc(Cl)cc1. The Morgan fingerprint density at radius 2 is 1.92 bits per heavy atom. The number of alkyl halides is 1. The van der Waals surface area contributed by atoms with Gasteiger partial charge in [-0.15, -0.1) is 23.4 Å². The molecule has 1 atom stereocenters. The number of halogens is 2. The Kier molecular flexibility index (Phi) is 4.96. The molecule has 1 rings (SSSR count). The number of hydrogen-bond donors (Lipinski definition) is 1. The highest BCUT2D eigenvalue weighted by molar-refractivity contribution is 7.99. The molecule has 0 aliphatic rings. The van der Waals surface area contributed by atoms with E-state index in [4.69, 9.17) is 23.2 Å². The van der Waals surface area contributed by atoms with Crippen LogP contribution in [0.1, 0.15) is 0 Å². The first-order chi connectivity index (χ1) is 6.22. The molecule has 0 aromatic heterocycles. The smallest absolute Gasteiger partial charge is 0.0769 e. The summed E-state index contributed by atoms with van der Waals surface area (Å²) >= 11 is 12.7. The molecule has 0 fully saturated rings. The van der Waals surface area contributed by atoms with Crippen molar-refractivity contribution in [1.29, 1.82) is 0 Å². The van der Waals surface area contributed by atoms with E-state index in [2.05, 4.69) is 0 Å². The third-order valence-corrected chi connectivity index (χ3v) is 3.20. The largest absolute Gasteiger partial charge is 0.391 e. The maximum Gasteiger partial charge on any atom is 0.0769 e. The van der Waals surface area contributed by atoms with Crippen molar-refractivity contribution in [2.75, 3.05) is 11.6 Å². The van der Waals surface area contributed by atoms with Crippen LogP contribution in [0.4, 0.5) is 0 Å². The van der Waals surface area contributed by atoms with Crippen LogP contribution in [0, 0.1) is 0 Å². The van der Waals surface area contributed by atoms with Gasteiger partial charge in [0.25, 0.3) is 0 Å². The van der Waals surface area contributed by atoms with Gasteiger partial charge in [-0.25, -0.2) is 0 Å². The minimum Gasteiger partial charge on any atom is -0.391 e. The van der Waals surface area contributed by atoms with Gasteiger partial charge >= 0.3 is 0 Å². The van der Waals surface area contributed by atoms with E-state index in [0.717, 1.165) is 9.92 Å². The summed E-state index contributed by atoms with van der Waals surface area (Å²) in [4.78, 5) is 1.09. The highest BCUT2D eigenvalue weighted by Gasteiger charge is 2.02. The highest BCUT2D eigenvalue weighted by atomic mass is 35.5. The molecule has 0 aliphatic heterocycles. The van der Waals surface area contributed by atoms with Gasteiger partial charge in [0, 0.05) is 21.6 Å². The Morgan fingerprint density at radius 1 is 1.31 bits per heavy atom. The first-order valence-electron chi connectivity index (χ1n) is 3.85. The summed E-state index contributed by atoms with van der Waals surface area (Å²) in [7, 11) is 0. The molecule has 0 spiro atoms. The molecule has 0 aliphatic carbocycles. The molecule has 4 heteroatoms. The quantitative estimate of drug-likeness (QED) is 0.641. The minimum atomic E-state index is -0.442. The van der Waals surface area contributed by atoms with Crippen molar-refractivity contribution in [3.63, 3.8) is 0 Å². The van der Waals surface area contributed by atoms with Crippen LogP contribution < -0.4 is 0 Å². The predicted molar refractivity (Wildman–Crippen MR) is 58.9 cm³/mol. The van der Waals surface area contributed by atoms with E-state index in [1.807, 2.05) is 24.3 Å². The van der Waals surface area contributed by atoms with Crippen molar-refractivity contribution >= 4 is 35.0 Å². The molecule has 1 N–H and O–H groups in total. The Balaban J connectivity index is 2.41. The number of aliphatic hydroxyl groups excluding tert-OH is 1. The first kappa shape index (κ1) is 11.2. The molecule has 0 saturated carbocycles. The normalized spacial score (nSPS) is 12.8. The minimum absolute atomic E-state index is 0.278. The van der Waals surface area contributed by atoms with Crippen LogP contribution in [0.2, 0.25) is 5.02 Å². The maximum atomic E-state index is 9.19. The van der Waals surface area contributed by atoms with Gasteiger partial charge in [0.15, 0.2) is 0 Å². The lowest BCUT2D eigenvalue weighted by Crippen LogP contribution is -2.10. The van der Waals surface area contributed by atoms with E-state index in [0.29, 0.717) is 5.75 Å². The van der Waals surface area contributed by atoms with Crippen LogP contribution >= 0.6 is 35.0 Å². The third kappa shape index (κ3) is 4.23. The van der Waals surface area contributed by atoms with Gasteiger partial charge in [-0.1, -0.05) is 11.6 Å². The molecule has 1 unspecified atom stereocenters. The highest BCUT2D eigenvalue weighted by Crippen LogP contribution is 2.21. The Morgan fingerprint density at radius 3 is 2.46 bits per heavy atom. The molecule has 1 aromatic carbocycles. The van der Waals surface area contributed by atoms with Crippen LogP contribution in [-0.4, -0.2) is 22.8 Å². The molecular weight excluding hydrogens is 227 g/mol. The van der Waals surface area contributed by atoms with Gasteiger partial charge in [0.2, 0.25) is 0 Å². The van der Waals surface area contributed by atoms with E-state index in [9.17, 15) is 5.11 Å². The van der Waals surface area contributed by atoms with E-state index in [-0.39, 0.29) is 5.88 Å². The van der Waals surface area contributed by atoms with Crippen LogP contribution in [0.3, 0.4) is 0 Å². The molecule has 0 heterocycles. The molecular formula is C9H10Cl2OS. The molecule has 1 aromatic rings. The lowest BCUT2D eigenvalue weighted by atomic mass is 10.4. The van der Waals surface area contributed by atoms with E-state index >= 15 is 0 Å². The summed E-state index contributed by atoms with van der Waals surface area (Å²) in [6.45, 7) is 0. The van der Waals surface area contributed by atoms with Crippen LogP contribution in [0.5, 0.6) is 0 Å². The zero-order valence-electron chi connectivity index (χ0n) is 6.91. The number of benzene rings is 1. The summed E-state index contributed by atoms with van der Waals surface area (Å²) in [6.07, 6.45) is -0.442. The van der Waals surface area contributed by atoms with Crippen molar-refractivity contribution in [3.05, 3.63) is 29.3 Å². The fourth-order valence-electron chi connectivity index (χ4n) is 0.768. The van der Waals surface area contributed by atoms with Gasteiger partial charge in [0.1, 0.15) is 0 Å². The third-order valence-electron chi connectivity index (χ3n) is 1.43. The summed E-state index contributed by atoms with van der Waals surface area (Å²) in [5.41, 5.74) is 0. The fourth-order valence-corrected chi connectivity index (χ4v) is 1.96. The van der Waals surface area contributed by atoms with Gasteiger partial charge < -0.3 is 5.11 Å². The molecule has 0 saturated heterocycles. The average molecular weight is 237 g/mol.